The predicted molar refractivity (Wildman–Crippen MR) is 71.1 cm³/mol. The van der Waals surface area contributed by atoms with Crippen LogP contribution in [0, 0.1) is 0 Å². The third-order valence-corrected chi connectivity index (χ3v) is 4.66. The van der Waals surface area contributed by atoms with Gasteiger partial charge in [-0.1, -0.05) is 0 Å². The highest BCUT2D eigenvalue weighted by Crippen LogP contribution is 2.05. The Morgan fingerprint density at radius 3 is 2.82 bits per heavy atom. The van der Waals surface area contributed by atoms with Gasteiger partial charge in [-0.05, 0) is 13.0 Å². The third kappa shape index (κ3) is 6.90. The van der Waals surface area contributed by atoms with Crippen LogP contribution in [-0.4, -0.2) is 68.9 Å². The van der Waals surface area contributed by atoms with Gasteiger partial charge in [0.05, 0.1) is 11.5 Å². The molecule has 7 heteroatoms. The smallest absolute Gasteiger partial charge is 0.232 e. The van der Waals surface area contributed by atoms with Crippen LogP contribution in [0.15, 0.2) is 0 Å². The van der Waals surface area contributed by atoms with Crippen LogP contribution in [0.25, 0.3) is 0 Å². The van der Waals surface area contributed by atoms with Crippen LogP contribution in [0.1, 0.15) is 6.42 Å². The van der Waals surface area contributed by atoms with Crippen LogP contribution in [0.3, 0.4) is 0 Å². The largest absolute Gasteiger partial charge is 0.341 e. The Morgan fingerprint density at radius 2 is 2.12 bits per heavy atom. The van der Waals surface area contributed by atoms with Gasteiger partial charge in [-0.2, -0.15) is 11.8 Å². The van der Waals surface area contributed by atoms with E-state index in [1.54, 1.807) is 0 Å². The predicted octanol–water partition coefficient (Wildman–Crippen LogP) is -0.414. The second kappa shape index (κ2) is 7.23. The van der Waals surface area contributed by atoms with Gasteiger partial charge < -0.3 is 10.2 Å². The van der Waals surface area contributed by atoms with Crippen molar-refractivity contribution in [3.8, 4) is 0 Å². The second-order valence-corrected chi connectivity index (χ2v) is 7.53. The van der Waals surface area contributed by atoms with Crippen molar-refractivity contribution < 1.29 is 13.2 Å². The van der Waals surface area contributed by atoms with Crippen molar-refractivity contribution in [2.24, 2.45) is 0 Å². The lowest BCUT2D eigenvalue weighted by molar-refractivity contribution is -0.128. The van der Waals surface area contributed by atoms with Gasteiger partial charge in [-0.15, -0.1) is 0 Å². The van der Waals surface area contributed by atoms with Crippen LogP contribution in [0.2, 0.25) is 0 Å². The molecule has 1 rings (SSSR count). The number of thioether (sulfide) groups is 1. The maximum Gasteiger partial charge on any atom is 0.232 e. The fraction of sp³-hybridized carbons (Fsp3) is 0.900. The summed E-state index contributed by atoms with van der Waals surface area (Å²) in [7, 11) is -2.91. The summed E-state index contributed by atoms with van der Waals surface area (Å²) in [5, 5.41) is 3.24. The monoisotopic (exact) mass is 280 g/mol. The number of hydrogen-bond donors (Lipinski definition) is 1. The molecule has 0 atom stereocenters. The van der Waals surface area contributed by atoms with E-state index in [0.29, 0.717) is 11.5 Å². The number of rotatable bonds is 5. The van der Waals surface area contributed by atoms with E-state index in [0.717, 1.165) is 32.6 Å². The quantitative estimate of drug-likeness (QED) is 0.693. The van der Waals surface area contributed by atoms with Crippen LogP contribution in [0.5, 0.6) is 0 Å². The van der Waals surface area contributed by atoms with E-state index >= 15 is 0 Å². The average molecular weight is 280 g/mol. The van der Waals surface area contributed by atoms with E-state index < -0.39 is 9.84 Å². The summed E-state index contributed by atoms with van der Waals surface area (Å²) in [6, 6.07) is 0. The number of hydrogen-bond acceptors (Lipinski definition) is 5. The van der Waals surface area contributed by atoms with Crippen molar-refractivity contribution in [1.29, 1.82) is 0 Å². The minimum Gasteiger partial charge on any atom is -0.341 e. The van der Waals surface area contributed by atoms with E-state index in [1.807, 2.05) is 4.90 Å². The van der Waals surface area contributed by atoms with Crippen molar-refractivity contribution in [1.82, 2.24) is 10.2 Å². The third-order valence-electron chi connectivity index (χ3n) is 2.52. The van der Waals surface area contributed by atoms with Gasteiger partial charge in [0.15, 0.2) is 0 Å². The lowest BCUT2D eigenvalue weighted by Gasteiger charge is -2.19. The van der Waals surface area contributed by atoms with E-state index in [9.17, 15) is 13.2 Å². The number of nitrogens with one attached hydrogen (secondary N) is 1. The molecule has 0 saturated carbocycles. The second-order valence-electron chi connectivity index (χ2n) is 4.17. The molecule has 0 spiro atoms. The zero-order chi connectivity index (χ0) is 12.7. The molecule has 0 radical (unpaired) electrons. The molecule has 1 heterocycles. The molecule has 1 aliphatic rings. The van der Waals surface area contributed by atoms with Gasteiger partial charge in [0.2, 0.25) is 5.91 Å². The molecule has 0 aromatic rings. The normalized spacial score (nSPS) is 17.8. The standard InChI is InChI=1S/C10H20N2O3S2/c1-17(14,15)8-7-16-9-10(13)12-5-2-3-11-4-6-12/h11H,2-9H2,1H3. The average Bonchev–Trinajstić information content (AvgIpc) is 2.51. The number of carbonyl (C=O) groups excluding carboxylic acids is 1. The first-order valence-electron chi connectivity index (χ1n) is 5.73. The SMILES string of the molecule is CS(=O)(=O)CCSCC(=O)N1CCCNCC1. The minimum absolute atomic E-state index is 0.118. The molecule has 100 valence electrons. The number of nitrogens with zero attached hydrogens (tertiary/aromatic N) is 1. The summed E-state index contributed by atoms with van der Waals surface area (Å²) >= 11 is 1.40. The molecule has 17 heavy (non-hydrogen) atoms. The van der Waals surface area contributed by atoms with Gasteiger partial charge in [0, 0.05) is 31.6 Å². The van der Waals surface area contributed by atoms with E-state index in [4.69, 9.17) is 0 Å². The Labute approximate surface area is 107 Å². The molecular weight excluding hydrogens is 260 g/mol. The van der Waals surface area contributed by atoms with Crippen molar-refractivity contribution in [3.63, 3.8) is 0 Å². The van der Waals surface area contributed by atoms with Gasteiger partial charge in [-0.25, -0.2) is 8.42 Å². The summed E-state index contributed by atoms with van der Waals surface area (Å²) in [5.74, 6) is 1.14. The van der Waals surface area contributed by atoms with E-state index in [2.05, 4.69) is 5.32 Å². The highest BCUT2D eigenvalue weighted by Gasteiger charge is 2.15. The first kappa shape index (κ1) is 14.8. The molecule has 1 amide bonds. The highest BCUT2D eigenvalue weighted by molar-refractivity contribution is 8.01. The van der Waals surface area contributed by atoms with Crippen LogP contribution < -0.4 is 5.32 Å². The minimum atomic E-state index is -2.91. The summed E-state index contributed by atoms with van der Waals surface area (Å²) in [4.78, 5) is 13.7. The number of carbonyl (C=O) groups is 1. The summed E-state index contributed by atoms with van der Waals surface area (Å²) < 4.78 is 21.8. The molecule has 0 unspecified atom stereocenters. The fourth-order valence-electron chi connectivity index (χ4n) is 1.56. The van der Waals surface area contributed by atoms with Crippen LogP contribution >= 0.6 is 11.8 Å². The molecule has 1 N–H and O–H groups in total. The van der Waals surface area contributed by atoms with Crippen molar-refractivity contribution in [3.05, 3.63) is 0 Å². The molecule has 0 aromatic carbocycles. The van der Waals surface area contributed by atoms with E-state index in [1.165, 1.54) is 18.0 Å². The van der Waals surface area contributed by atoms with Crippen molar-refractivity contribution in [2.45, 2.75) is 6.42 Å². The summed E-state index contributed by atoms with van der Waals surface area (Å²) in [5.41, 5.74) is 0. The first-order valence-corrected chi connectivity index (χ1v) is 8.94. The maximum atomic E-state index is 11.8. The molecule has 1 fully saturated rings. The Hall–Kier alpha value is -0.270. The maximum absolute atomic E-state index is 11.8. The molecular formula is C10H20N2O3S2. The van der Waals surface area contributed by atoms with Gasteiger partial charge >= 0.3 is 0 Å². The van der Waals surface area contributed by atoms with Gasteiger partial charge in [-0.3, -0.25) is 4.79 Å². The van der Waals surface area contributed by atoms with Crippen LogP contribution in [-0.2, 0) is 14.6 Å². The highest BCUT2D eigenvalue weighted by atomic mass is 32.2. The Bertz CT molecular complexity index is 335. The number of sulfone groups is 1. The molecule has 1 aliphatic heterocycles. The first-order chi connectivity index (χ1) is 7.99. The zero-order valence-corrected chi connectivity index (χ0v) is 11.8. The Kier molecular flexibility index (Phi) is 6.29. The summed E-state index contributed by atoms with van der Waals surface area (Å²) in [6.45, 7) is 3.37. The zero-order valence-electron chi connectivity index (χ0n) is 10.1. The molecule has 1 saturated heterocycles. The Balaban J connectivity index is 2.19. The molecule has 0 aliphatic carbocycles. The van der Waals surface area contributed by atoms with Crippen molar-refractivity contribution in [2.75, 3.05) is 49.7 Å². The fourth-order valence-corrected chi connectivity index (χ4v) is 3.74. The lowest BCUT2D eigenvalue weighted by Crippen LogP contribution is -2.35. The molecule has 0 aromatic heterocycles. The van der Waals surface area contributed by atoms with Crippen molar-refractivity contribution >= 4 is 27.5 Å². The lowest BCUT2D eigenvalue weighted by atomic mass is 10.4. The summed E-state index contributed by atoms with van der Waals surface area (Å²) in [6.07, 6.45) is 2.20. The molecule has 0 bridgehead atoms. The molecule has 5 nitrogen and oxygen atoms in total. The Morgan fingerprint density at radius 1 is 1.35 bits per heavy atom. The van der Waals surface area contributed by atoms with Gasteiger partial charge in [0.25, 0.3) is 0 Å². The topological polar surface area (TPSA) is 66.5 Å². The van der Waals surface area contributed by atoms with E-state index in [-0.39, 0.29) is 11.7 Å². The number of amides is 1. The van der Waals surface area contributed by atoms with Crippen LogP contribution in [0.4, 0.5) is 0 Å². The van der Waals surface area contributed by atoms with Gasteiger partial charge in [0.1, 0.15) is 9.84 Å².